The van der Waals surface area contributed by atoms with Gasteiger partial charge in [0.25, 0.3) is 0 Å². The summed E-state index contributed by atoms with van der Waals surface area (Å²) in [7, 11) is 1.54. The maximum absolute atomic E-state index is 10.0. The number of pyridine rings is 1. The van der Waals surface area contributed by atoms with E-state index in [0.29, 0.717) is 16.8 Å². The van der Waals surface area contributed by atoms with Crippen molar-refractivity contribution in [3.8, 4) is 5.75 Å². The van der Waals surface area contributed by atoms with Gasteiger partial charge in [0, 0.05) is 6.20 Å². The van der Waals surface area contributed by atoms with Gasteiger partial charge in [-0.3, -0.25) is 0 Å². The minimum atomic E-state index is -1.19. The lowest BCUT2D eigenvalue weighted by molar-refractivity contribution is -0.0566. The Hall–Kier alpha value is -1.74. The van der Waals surface area contributed by atoms with Crippen LogP contribution in [0, 0.1) is 0 Å². The summed E-state index contributed by atoms with van der Waals surface area (Å²) in [5.41, 5.74) is 0.471. The Morgan fingerprint density at radius 3 is 2.85 bits per heavy atom. The Morgan fingerprint density at radius 1 is 1.40 bits per heavy atom. The van der Waals surface area contributed by atoms with Gasteiger partial charge in [-0.15, -0.1) is 0 Å². The highest BCUT2D eigenvalue weighted by Gasteiger charge is 2.44. The number of methoxy groups -OCH3 is 1. The van der Waals surface area contributed by atoms with Gasteiger partial charge in [0.1, 0.15) is 24.1 Å². The third-order valence-electron chi connectivity index (χ3n) is 3.44. The van der Waals surface area contributed by atoms with Crippen LogP contribution in [-0.2, 0) is 4.74 Å². The van der Waals surface area contributed by atoms with Gasteiger partial charge in [-0.25, -0.2) is 9.67 Å². The molecule has 108 valence electrons. The summed E-state index contributed by atoms with van der Waals surface area (Å²) in [4.78, 5) is 4.19. The van der Waals surface area contributed by atoms with Crippen LogP contribution in [0.2, 0.25) is 0 Å². The molecule has 0 saturated carbocycles. The fourth-order valence-corrected chi connectivity index (χ4v) is 2.37. The first-order valence-corrected chi connectivity index (χ1v) is 6.16. The van der Waals surface area contributed by atoms with Crippen molar-refractivity contribution in [2.24, 2.45) is 0 Å². The lowest BCUT2D eigenvalue weighted by Crippen LogP contribution is -2.33. The van der Waals surface area contributed by atoms with Gasteiger partial charge in [0.15, 0.2) is 11.9 Å². The highest BCUT2D eigenvalue weighted by atomic mass is 16.6. The minimum absolute atomic E-state index is 0.384. The van der Waals surface area contributed by atoms with E-state index in [2.05, 4.69) is 10.1 Å². The molecule has 3 N–H and O–H groups in total. The van der Waals surface area contributed by atoms with Gasteiger partial charge in [-0.2, -0.15) is 5.10 Å². The van der Waals surface area contributed by atoms with Crippen molar-refractivity contribution in [3.05, 3.63) is 18.5 Å². The molecule has 20 heavy (non-hydrogen) atoms. The normalized spacial score (nSPS) is 30.0. The molecule has 2 aromatic heterocycles. The van der Waals surface area contributed by atoms with Gasteiger partial charge >= 0.3 is 0 Å². The third kappa shape index (κ3) is 1.85. The summed E-state index contributed by atoms with van der Waals surface area (Å²) in [6, 6.07) is 1.70. The standard InChI is InChI=1S/C12H15N3O5/c1-19-7-2-3-13-11-6(7)4-14-15(11)12-10(18)9(17)8(5-16)20-12/h2-4,8-10,12,16-18H,5H2,1H3/t8-,9-,10+,12-/m1/s1. The van der Waals surface area contributed by atoms with Crippen molar-refractivity contribution in [1.29, 1.82) is 0 Å². The molecule has 4 atom stereocenters. The van der Waals surface area contributed by atoms with Crippen molar-refractivity contribution in [3.63, 3.8) is 0 Å². The quantitative estimate of drug-likeness (QED) is 0.665. The number of hydrogen-bond acceptors (Lipinski definition) is 7. The molecule has 2 aromatic rings. The second kappa shape index (κ2) is 4.98. The Kier molecular flexibility index (Phi) is 3.30. The van der Waals surface area contributed by atoms with Crippen molar-refractivity contribution in [1.82, 2.24) is 14.8 Å². The minimum Gasteiger partial charge on any atom is -0.496 e. The largest absolute Gasteiger partial charge is 0.496 e. The number of aliphatic hydroxyl groups excluding tert-OH is 3. The summed E-state index contributed by atoms with van der Waals surface area (Å²) in [6.45, 7) is -0.384. The van der Waals surface area contributed by atoms with Crippen LogP contribution < -0.4 is 4.74 Å². The van der Waals surface area contributed by atoms with Crippen LogP contribution in [0.1, 0.15) is 6.23 Å². The average molecular weight is 281 g/mol. The number of ether oxygens (including phenoxy) is 2. The monoisotopic (exact) mass is 281 g/mol. The van der Waals surface area contributed by atoms with E-state index in [1.54, 1.807) is 25.6 Å². The maximum Gasteiger partial charge on any atom is 0.181 e. The molecule has 0 aliphatic carbocycles. The number of aliphatic hydroxyl groups is 3. The number of aromatic nitrogens is 3. The van der Waals surface area contributed by atoms with Crippen LogP contribution in [0.5, 0.6) is 5.75 Å². The van der Waals surface area contributed by atoms with Gasteiger partial charge in [0.05, 0.1) is 25.3 Å². The van der Waals surface area contributed by atoms with Crippen LogP contribution in [0.3, 0.4) is 0 Å². The molecule has 0 radical (unpaired) electrons. The molecular weight excluding hydrogens is 266 g/mol. The Labute approximate surface area is 114 Å². The maximum atomic E-state index is 10.0. The van der Waals surface area contributed by atoms with Crippen molar-refractivity contribution >= 4 is 11.0 Å². The molecule has 0 bridgehead atoms. The zero-order chi connectivity index (χ0) is 14.3. The van der Waals surface area contributed by atoms with E-state index in [9.17, 15) is 10.2 Å². The molecule has 1 saturated heterocycles. The molecule has 0 spiro atoms. The molecule has 1 aliphatic rings. The smallest absolute Gasteiger partial charge is 0.181 e. The molecule has 0 unspecified atom stereocenters. The highest BCUT2D eigenvalue weighted by Crippen LogP contribution is 2.32. The van der Waals surface area contributed by atoms with E-state index in [4.69, 9.17) is 14.6 Å². The highest BCUT2D eigenvalue weighted by molar-refractivity contribution is 5.81. The van der Waals surface area contributed by atoms with Crippen molar-refractivity contribution in [2.45, 2.75) is 24.5 Å². The molecule has 1 fully saturated rings. The molecule has 0 amide bonds. The predicted octanol–water partition coefficient (Wildman–Crippen LogP) is -0.949. The van der Waals surface area contributed by atoms with E-state index in [1.807, 2.05) is 0 Å². The average Bonchev–Trinajstić information content (AvgIpc) is 3.01. The number of fused-ring (bicyclic) bond motifs is 1. The Balaban J connectivity index is 2.03. The van der Waals surface area contributed by atoms with Crippen LogP contribution in [0.4, 0.5) is 0 Å². The van der Waals surface area contributed by atoms with E-state index < -0.39 is 24.5 Å². The van der Waals surface area contributed by atoms with Crippen LogP contribution >= 0.6 is 0 Å². The summed E-state index contributed by atoms with van der Waals surface area (Å²) in [6.07, 6.45) is -1.01. The van der Waals surface area contributed by atoms with E-state index in [1.165, 1.54) is 4.68 Å². The Morgan fingerprint density at radius 2 is 2.20 bits per heavy atom. The number of nitrogens with zero attached hydrogens (tertiary/aromatic N) is 3. The fourth-order valence-electron chi connectivity index (χ4n) is 2.37. The van der Waals surface area contributed by atoms with Crippen molar-refractivity contribution in [2.75, 3.05) is 13.7 Å². The first-order chi connectivity index (χ1) is 9.67. The molecule has 0 aromatic carbocycles. The van der Waals surface area contributed by atoms with Crippen LogP contribution in [0.15, 0.2) is 18.5 Å². The molecular formula is C12H15N3O5. The molecule has 3 heterocycles. The Bertz CT molecular complexity index is 616. The summed E-state index contributed by atoms with van der Waals surface area (Å²) >= 11 is 0. The summed E-state index contributed by atoms with van der Waals surface area (Å²) < 4.78 is 12.0. The van der Waals surface area contributed by atoms with Gasteiger partial charge in [-0.05, 0) is 6.07 Å². The first kappa shape index (κ1) is 13.3. The van der Waals surface area contributed by atoms with E-state index in [0.717, 1.165) is 0 Å². The molecule has 3 rings (SSSR count). The topological polar surface area (TPSA) is 110 Å². The summed E-state index contributed by atoms with van der Waals surface area (Å²) in [5, 5.41) is 33.7. The van der Waals surface area contributed by atoms with Crippen LogP contribution in [-0.4, -0.2) is 62.1 Å². The lowest BCUT2D eigenvalue weighted by Gasteiger charge is -2.15. The SMILES string of the molecule is COc1ccnc2c1cnn2[C@@H]1O[C@H](CO)[C@@H](O)[C@@H]1O. The first-order valence-electron chi connectivity index (χ1n) is 6.16. The molecule has 1 aliphatic heterocycles. The van der Waals surface area contributed by atoms with Crippen molar-refractivity contribution < 1.29 is 24.8 Å². The van der Waals surface area contributed by atoms with E-state index >= 15 is 0 Å². The molecule has 8 nitrogen and oxygen atoms in total. The lowest BCUT2D eigenvalue weighted by atomic mass is 10.1. The molecule has 8 heteroatoms. The fraction of sp³-hybridized carbons (Fsp3) is 0.500. The van der Waals surface area contributed by atoms with Gasteiger partial charge in [0.2, 0.25) is 0 Å². The third-order valence-corrected chi connectivity index (χ3v) is 3.44. The van der Waals surface area contributed by atoms with Gasteiger partial charge < -0.3 is 24.8 Å². The zero-order valence-corrected chi connectivity index (χ0v) is 10.7. The second-order valence-corrected chi connectivity index (χ2v) is 4.57. The van der Waals surface area contributed by atoms with Crippen LogP contribution in [0.25, 0.3) is 11.0 Å². The zero-order valence-electron chi connectivity index (χ0n) is 10.7. The number of hydrogen-bond donors (Lipinski definition) is 3. The summed E-state index contributed by atoms with van der Waals surface area (Å²) in [5.74, 6) is 0.605. The van der Waals surface area contributed by atoms with Gasteiger partial charge in [-0.1, -0.05) is 0 Å². The predicted molar refractivity (Wildman–Crippen MR) is 67.1 cm³/mol. The second-order valence-electron chi connectivity index (χ2n) is 4.57. The number of rotatable bonds is 3. The van der Waals surface area contributed by atoms with E-state index in [-0.39, 0.29) is 6.61 Å².